The van der Waals surface area contributed by atoms with Gasteiger partial charge in [-0.3, -0.25) is 5.73 Å². The fourth-order valence-electron chi connectivity index (χ4n) is 1.27. The number of nitrogens with zero attached hydrogens (tertiary/aromatic N) is 2. The molecular weight excluding hydrogens is 176 g/mol. The topological polar surface area (TPSA) is 69.5 Å². The Labute approximate surface area is 81.2 Å². The van der Waals surface area contributed by atoms with Crippen LogP contribution in [0.2, 0.25) is 0 Å². The normalized spacial score (nSPS) is 9.64. The quantitative estimate of drug-likeness (QED) is 0.643. The molecule has 0 amide bonds. The molecule has 0 saturated heterocycles. The SMILES string of the molecule is N#Cc1c[nH][n+](-c2ccccc2)c1N. The van der Waals surface area contributed by atoms with Crippen LogP contribution in [0.25, 0.3) is 5.69 Å². The van der Waals surface area contributed by atoms with Crippen LogP contribution in [0.5, 0.6) is 0 Å². The van der Waals surface area contributed by atoms with Crippen LogP contribution in [-0.4, -0.2) is 5.10 Å². The molecule has 4 nitrogen and oxygen atoms in total. The monoisotopic (exact) mass is 185 g/mol. The molecule has 0 spiro atoms. The molecule has 0 atom stereocenters. The van der Waals surface area contributed by atoms with Gasteiger partial charge in [0.2, 0.25) is 0 Å². The summed E-state index contributed by atoms with van der Waals surface area (Å²) in [5.74, 6) is 0.429. The zero-order valence-electron chi connectivity index (χ0n) is 7.44. The number of hydrogen-bond acceptors (Lipinski definition) is 2. The number of benzene rings is 1. The predicted molar refractivity (Wildman–Crippen MR) is 51.5 cm³/mol. The lowest BCUT2D eigenvalue weighted by atomic mass is 10.3. The lowest BCUT2D eigenvalue weighted by molar-refractivity contribution is -0.641. The number of aromatic nitrogens is 2. The van der Waals surface area contributed by atoms with Crippen molar-refractivity contribution in [2.24, 2.45) is 0 Å². The Balaban J connectivity index is 2.54. The highest BCUT2D eigenvalue weighted by atomic mass is 15.3. The summed E-state index contributed by atoms with van der Waals surface area (Å²) in [4.78, 5) is 0. The van der Waals surface area contributed by atoms with E-state index < -0.39 is 0 Å². The zero-order chi connectivity index (χ0) is 9.97. The van der Waals surface area contributed by atoms with Gasteiger partial charge in [0.15, 0.2) is 11.3 Å². The minimum atomic E-state index is 0.429. The van der Waals surface area contributed by atoms with Crippen molar-refractivity contribution in [3.63, 3.8) is 0 Å². The maximum Gasteiger partial charge on any atom is 0.316 e. The fourth-order valence-corrected chi connectivity index (χ4v) is 1.27. The molecule has 0 aliphatic rings. The van der Waals surface area contributed by atoms with Crippen molar-refractivity contribution >= 4 is 5.82 Å². The molecule has 1 aromatic carbocycles. The highest BCUT2D eigenvalue weighted by molar-refractivity contribution is 5.43. The Morgan fingerprint density at radius 1 is 1.29 bits per heavy atom. The highest BCUT2D eigenvalue weighted by Crippen LogP contribution is 2.06. The predicted octanol–water partition coefficient (Wildman–Crippen LogP) is 0.745. The second-order valence-corrected chi connectivity index (χ2v) is 2.86. The Morgan fingerprint density at radius 3 is 2.57 bits per heavy atom. The standard InChI is InChI=1S/C10H8N4/c11-6-8-7-13-14(10(8)12)9-4-2-1-3-5-9/h1-5,7H,(H2,12,13)/p+1. The van der Waals surface area contributed by atoms with Gasteiger partial charge in [-0.25, -0.2) is 5.10 Å². The zero-order valence-corrected chi connectivity index (χ0v) is 7.44. The van der Waals surface area contributed by atoms with Gasteiger partial charge in [-0.05, 0) is 12.1 Å². The number of H-pyrrole nitrogens is 1. The van der Waals surface area contributed by atoms with Gasteiger partial charge in [0.25, 0.3) is 0 Å². The third-order valence-corrected chi connectivity index (χ3v) is 1.99. The van der Waals surface area contributed by atoms with E-state index in [1.165, 1.54) is 0 Å². The smallest absolute Gasteiger partial charge is 0.284 e. The molecule has 1 aromatic heterocycles. The van der Waals surface area contributed by atoms with Gasteiger partial charge in [0.05, 0.1) is 6.20 Å². The van der Waals surface area contributed by atoms with Gasteiger partial charge in [-0.1, -0.05) is 18.2 Å². The second-order valence-electron chi connectivity index (χ2n) is 2.86. The van der Waals surface area contributed by atoms with Crippen LogP contribution in [0, 0.1) is 11.3 Å². The molecule has 0 aliphatic heterocycles. The van der Waals surface area contributed by atoms with E-state index in [1.54, 1.807) is 10.9 Å². The maximum absolute atomic E-state index is 8.72. The van der Waals surface area contributed by atoms with E-state index in [-0.39, 0.29) is 0 Å². The summed E-state index contributed by atoms with van der Waals surface area (Å²) in [6.45, 7) is 0. The number of nitriles is 1. The maximum atomic E-state index is 8.72. The molecule has 2 rings (SSSR count). The summed E-state index contributed by atoms with van der Waals surface area (Å²) < 4.78 is 1.67. The van der Waals surface area contributed by atoms with E-state index in [1.807, 2.05) is 36.4 Å². The van der Waals surface area contributed by atoms with Crippen molar-refractivity contribution < 1.29 is 4.68 Å². The Bertz CT molecular complexity index is 479. The van der Waals surface area contributed by atoms with Crippen molar-refractivity contribution in [2.75, 3.05) is 5.73 Å². The number of nitrogen functional groups attached to an aromatic ring is 1. The average Bonchev–Trinajstić information content (AvgIpc) is 2.61. The Morgan fingerprint density at radius 2 is 2.00 bits per heavy atom. The lowest BCUT2D eigenvalue weighted by Crippen LogP contribution is -2.35. The minimum Gasteiger partial charge on any atom is -0.284 e. The van der Waals surface area contributed by atoms with Gasteiger partial charge in [0, 0.05) is 0 Å². The third kappa shape index (κ3) is 1.21. The number of anilines is 1. The summed E-state index contributed by atoms with van der Waals surface area (Å²) in [6.07, 6.45) is 1.59. The molecule has 0 bridgehead atoms. The first kappa shape index (κ1) is 8.32. The van der Waals surface area contributed by atoms with Gasteiger partial charge in [-0.2, -0.15) is 5.26 Å². The van der Waals surface area contributed by atoms with Crippen LogP contribution in [0.3, 0.4) is 0 Å². The van der Waals surface area contributed by atoms with Crippen molar-refractivity contribution in [1.82, 2.24) is 5.10 Å². The number of aromatic amines is 1. The summed E-state index contributed by atoms with van der Waals surface area (Å²) in [5.41, 5.74) is 7.12. The first-order valence-corrected chi connectivity index (χ1v) is 4.17. The van der Waals surface area contributed by atoms with E-state index in [0.717, 1.165) is 5.69 Å². The highest BCUT2D eigenvalue weighted by Gasteiger charge is 2.14. The van der Waals surface area contributed by atoms with E-state index in [2.05, 4.69) is 5.10 Å². The molecule has 0 fully saturated rings. The third-order valence-electron chi connectivity index (χ3n) is 1.99. The van der Waals surface area contributed by atoms with Gasteiger partial charge >= 0.3 is 5.82 Å². The van der Waals surface area contributed by atoms with Gasteiger partial charge < -0.3 is 0 Å². The van der Waals surface area contributed by atoms with Crippen LogP contribution >= 0.6 is 0 Å². The summed E-state index contributed by atoms with van der Waals surface area (Å²) in [7, 11) is 0. The molecule has 68 valence electrons. The molecule has 0 unspecified atom stereocenters. The molecule has 1 heterocycles. The molecule has 0 saturated carbocycles. The van der Waals surface area contributed by atoms with E-state index in [4.69, 9.17) is 11.0 Å². The van der Waals surface area contributed by atoms with Crippen LogP contribution in [0.4, 0.5) is 5.82 Å². The Kier molecular flexibility index (Phi) is 1.92. The Hall–Kier alpha value is -2.28. The van der Waals surface area contributed by atoms with E-state index in [9.17, 15) is 0 Å². The van der Waals surface area contributed by atoms with Crippen LogP contribution < -0.4 is 10.4 Å². The molecule has 3 N–H and O–H groups in total. The molecular formula is C10H9N4+. The second kappa shape index (κ2) is 3.23. The van der Waals surface area contributed by atoms with Crippen molar-refractivity contribution in [3.05, 3.63) is 42.1 Å². The average molecular weight is 185 g/mol. The fraction of sp³-hybridized carbons (Fsp3) is 0. The molecule has 14 heavy (non-hydrogen) atoms. The summed E-state index contributed by atoms with van der Waals surface area (Å²) >= 11 is 0. The van der Waals surface area contributed by atoms with Crippen molar-refractivity contribution in [3.8, 4) is 11.8 Å². The molecule has 0 radical (unpaired) electrons. The largest absolute Gasteiger partial charge is 0.316 e. The van der Waals surface area contributed by atoms with E-state index in [0.29, 0.717) is 11.4 Å². The first-order valence-electron chi connectivity index (χ1n) is 4.17. The van der Waals surface area contributed by atoms with Crippen molar-refractivity contribution in [1.29, 1.82) is 5.26 Å². The molecule has 0 aliphatic carbocycles. The van der Waals surface area contributed by atoms with Gasteiger partial charge in [-0.15, -0.1) is 4.68 Å². The number of para-hydroxylation sites is 1. The molecule has 2 aromatic rings. The lowest BCUT2D eigenvalue weighted by Gasteiger charge is -1.95. The minimum absolute atomic E-state index is 0.429. The van der Waals surface area contributed by atoms with Gasteiger partial charge in [0.1, 0.15) is 6.07 Å². The number of nitrogens with two attached hydrogens (primary N) is 1. The van der Waals surface area contributed by atoms with E-state index >= 15 is 0 Å². The van der Waals surface area contributed by atoms with Crippen molar-refractivity contribution in [2.45, 2.75) is 0 Å². The summed E-state index contributed by atoms with van der Waals surface area (Å²) in [5, 5.41) is 11.6. The van der Waals surface area contributed by atoms with Crippen LogP contribution in [0.1, 0.15) is 5.56 Å². The molecule has 4 heteroatoms. The first-order chi connectivity index (χ1) is 6.83. The van der Waals surface area contributed by atoms with Crippen LogP contribution in [0.15, 0.2) is 36.5 Å². The number of hydrogen-bond donors (Lipinski definition) is 2. The van der Waals surface area contributed by atoms with Crippen LogP contribution in [-0.2, 0) is 0 Å². The number of nitrogens with one attached hydrogen (secondary N) is 1. The number of rotatable bonds is 1. The summed E-state index contributed by atoms with van der Waals surface area (Å²) in [6, 6.07) is 11.6.